The first-order valence-corrected chi connectivity index (χ1v) is 12.1. The Balaban J connectivity index is 1.20. The molecule has 33 heavy (non-hydrogen) atoms. The highest BCUT2D eigenvalue weighted by molar-refractivity contribution is 5.80. The van der Waals surface area contributed by atoms with Gasteiger partial charge in [0.1, 0.15) is 6.61 Å². The zero-order valence-electron chi connectivity index (χ0n) is 19.5. The molecule has 2 heterocycles. The Kier molecular flexibility index (Phi) is 3.92. The number of benzene rings is 2. The molecule has 1 fully saturated rings. The number of aromatic nitrogens is 3. The van der Waals surface area contributed by atoms with Crippen LogP contribution >= 0.6 is 0 Å². The van der Waals surface area contributed by atoms with E-state index >= 15 is 0 Å². The quantitative estimate of drug-likeness (QED) is 0.393. The Morgan fingerprint density at radius 3 is 2.88 bits per heavy atom. The number of ether oxygens (including phenoxy) is 1. The van der Waals surface area contributed by atoms with Gasteiger partial charge in [0.2, 0.25) is 5.88 Å². The van der Waals surface area contributed by atoms with E-state index in [4.69, 9.17) is 9.72 Å². The van der Waals surface area contributed by atoms with Crippen molar-refractivity contribution in [1.82, 2.24) is 14.5 Å². The standard InChI is InChI=1S/C29H29N3O/c1-29(2)13-23(20-5-4-6-26-28(20)31-16-32(26)3)22-9-17(7-8-25(22)29)15-33-27-12-19-10-18-11-21(18)24(19)14-30-27/h4-9,12,14,16,18,21,23H,10-11,13,15H2,1-3H3. The van der Waals surface area contributed by atoms with Crippen molar-refractivity contribution in [3.05, 3.63) is 88.4 Å². The normalized spacial score (nSPS) is 23.9. The van der Waals surface area contributed by atoms with Gasteiger partial charge in [-0.1, -0.05) is 44.2 Å². The fourth-order valence-corrected chi connectivity index (χ4v) is 6.45. The van der Waals surface area contributed by atoms with Gasteiger partial charge in [0, 0.05) is 25.2 Å². The molecule has 4 heteroatoms. The number of pyridine rings is 1. The molecule has 0 spiro atoms. The predicted molar refractivity (Wildman–Crippen MR) is 130 cm³/mol. The smallest absolute Gasteiger partial charge is 0.213 e. The number of imidazole rings is 1. The van der Waals surface area contributed by atoms with E-state index in [1.165, 1.54) is 51.7 Å². The van der Waals surface area contributed by atoms with E-state index in [1.807, 2.05) is 6.33 Å². The minimum absolute atomic E-state index is 0.138. The average Bonchev–Trinajstić information content (AvgIpc) is 3.20. The van der Waals surface area contributed by atoms with Crippen LogP contribution in [0.4, 0.5) is 0 Å². The first-order chi connectivity index (χ1) is 16.0. The van der Waals surface area contributed by atoms with Crippen LogP contribution in [-0.2, 0) is 25.5 Å². The second-order valence-corrected chi connectivity index (χ2v) is 10.9. The van der Waals surface area contributed by atoms with Crippen molar-refractivity contribution in [2.45, 2.75) is 57.0 Å². The highest BCUT2D eigenvalue weighted by Gasteiger charge is 2.45. The molecule has 166 valence electrons. The zero-order chi connectivity index (χ0) is 22.3. The summed E-state index contributed by atoms with van der Waals surface area (Å²) in [5.74, 6) is 2.75. The monoisotopic (exact) mass is 435 g/mol. The maximum Gasteiger partial charge on any atom is 0.213 e. The van der Waals surface area contributed by atoms with Gasteiger partial charge >= 0.3 is 0 Å². The van der Waals surface area contributed by atoms with E-state index < -0.39 is 0 Å². The van der Waals surface area contributed by atoms with Crippen molar-refractivity contribution >= 4 is 11.0 Å². The predicted octanol–water partition coefficient (Wildman–Crippen LogP) is 6.02. The molecule has 3 aliphatic carbocycles. The van der Waals surface area contributed by atoms with E-state index in [-0.39, 0.29) is 5.41 Å². The van der Waals surface area contributed by atoms with Gasteiger partial charge in [0.15, 0.2) is 0 Å². The number of hydrogen-bond acceptors (Lipinski definition) is 3. The molecule has 0 aliphatic heterocycles. The van der Waals surface area contributed by atoms with Crippen LogP contribution in [0.1, 0.15) is 71.9 Å². The molecule has 0 N–H and O–H groups in total. The van der Waals surface area contributed by atoms with Crippen LogP contribution in [0, 0.1) is 5.92 Å². The van der Waals surface area contributed by atoms with Gasteiger partial charge in [0.25, 0.3) is 0 Å². The SMILES string of the molecule is Cn1cnc2c(C3CC(C)(C)c4ccc(COc5cc6c(cn5)C5CC5C6)cc43)cccc21. The van der Waals surface area contributed by atoms with E-state index in [0.29, 0.717) is 12.5 Å². The molecule has 0 bridgehead atoms. The molecule has 3 unspecified atom stereocenters. The first kappa shape index (κ1) is 19.3. The van der Waals surface area contributed by atoms with Gasteiger partial charge in [-0.3, -0.25) is 0 Å². The minimum Gasteiger partial charge on any atom is -0.473 e. The molecule has 0 saturated heterocycles. The lowest BCUT2D eigenvalue weighted by molar-refractivity contribution is 0.293. The molecular formula is C29H29N3O. The molecule has 3 aliphatic rings. The summed E-state index contributed by atoms with van der Waals surface area (Å²) in [4.78, 5) is 9.35. The minimum atomic E-state index is 0.138. The summed E-state index contributed by atoms with van der Waals surface area (Å²) in [5.41, 5.74) is 10.7. The van der Waals surface area contributed by atoms with Crippen LogP contribution in [0.3, 0.4) is 0 Å². The number of hydrogen-bond donors (Lipinski definition) is 0. The molecule has 2 aromatic heterocycles. The van der Waals surface area contributed by atoms with Crippen molar-refractivity contribution in [1.29, 1.82) is 0 Å². The second-order valence-electron chi connectivity index (χ2n) is 10.9. The zero-order valence-corrected chi connectivity index (χ0v) is 19.5. The first-order valence-electron chi connectivity index (χ1n) is 12.1. The highest BCUT2D eigenvalue weighted by Crippen LogP contribution is 2.56. The number of rotatable bonds is 4. The van der Waals surface area contributed by atoms with Gasteiger partial charge < -0.3 is 9.30 Å². The van der Waals surface area contributed by atoms with Crippen molar-refractivity contribution in [3.63, 3.8) is 0 Å². The van der Waals surface area contributed by atoms with Crippen molar-refractivity contribution in [2.24, 2.45) is 13.0 Å². The highest BCUT2D eigenvalue weighted by atomic mass is 16.5. The third-order valence-electron chi connectivity index (χ3n) is 8.29. The van der Waals surface area contributed by atoms with Crippen LogP contribution in [0.2, 0.25) is 0 Å². The van der Waals surface area contributed by atoms with Crippen LogP contribution in [0.25, 0.3) is 11.0 Å². The van der Waals surface area contributed by atoms with Gasteiger partial charge in [-0.15, -0.1) is 0 Å². The lowest BCUT2D eigenvalue weighted by Gasteiger charge is -2.19. The number of nitrogens with zero attached hydrogens (tertiary/aromatic N) is 3. The Hall–Kier alpha value is -3.14. The van der Waals surface area contributed by atoms with Gasteiger partial charge in [-0.2, -0.15) is 0 Å². The van der Waals surface area contributed by atoms with Crippen molar-refractivity contribution in [2.75, 3.05) is 0 Å². The van der Waals surface area contributed by atoms with E-state index in [2.05, 4.69) is 79.1 Å². The molecule has 4 nitrogen and oxygen atoms in total. The van der Waals surface area contributed by atoms with Crippen LogP contribution in [0.5, 0.6) is 5.88 Å². The van der Waals surface area contributed by atoms with Crippen LogP contribution < -0.4 is 4.74 Å². The second kappa shape index (κ2) is 6.69. The third kappa shape index (κ3) is 2.96. The Morgan fingerprint density at radius 1 is 1.06 bits per heavy atom. The summed E-state index contributed by atoms with van der Waals surface area (Å²) in [6, 6.07) is 15.7. The molecule has 4 aromatic rings. The van der Waals surface area contributed by atoms with E-state index in [1.54, 1.807) is 0 Å². The Morgan fingerprint density at radius 2 is 1.97 bits per heavy atom. The summed E-state index contributed by atoms with van der Waals surface area (Å²) >= 11 is 0. The molecule has 0 amide bonds. The summed E-state index contributed by atoms with van der Waals surface area (Å²) in [7, 11) is 2.07. The van der Waals surface area contributed by atoms with Gasteiger partial charge in [-0.05, 0) is 76.0 Å². The fraction of sp³-hybridized carbons (Fsp3) is 0.379. The maximum atomic E-state index is 6.17. The van der Waals surface area contributed by atoms with Crippen LogP contribution in [-0.4, -0.2) is 14.5 Å². The van der Waals surface area contributed by atoms with E-state index in [0.717, 1.165) is 29.7 Å². The third-order valence-corrected chi connectivity index (χ3v) is 8.29. The van der Waals surface area contributed by atoms with Crippen molar-refractivity contribution < 1.29 is 4.74 Å². The Labute approximate surface area is 194 Å². The Bertz CT molecular complexity index is 1420. The average molecular weight is 436 g/mol. The number of aryl methyl sites for hydroxylation is 1. The maximum absolute atomic E-state index is 6.17. The van der Waals surface area contributed by atoms with Crippen molar-refractivity contribution in [3.8, 4) is 5.88 Å². The largest absolute Gasteiger partial charge is 0.473 e. The summed E-state index contributed by atoms with van der Waals surface area (Å²) in [5, 5.41) is 0. The lowest BCUT2D eigenvalue weighted by Crippen LogP contribution is -2.12. The van der Waals surface area contributed by atoms with Gasteiger partial charge in [-0.25, -0.2) is 9.97 Å². The molecule has 1 saturated carbocycles. The van der Waals surface area contributed by atoms with E-state index in [9.17, 15) is 0 Å². The lowest BCUT2D eigenvalue weighted by atomic mass is 9.85. The molecule has 2 aromatic carbocycles. The van der Waals surface area contributed by atoms with Gasteiger partial charge in [0.05, 0.1) is 17.4 Å². The molecule has 3 atom stereocenters. The summed E-state index contributed by atoms with van der Waals surface area (Å²) in [6.45, 7) is 5.27. The molecular weight excluding hydrogens is 406 g/mol. The summed E-state index contributed by atoms with van der Waals surface area (Å²) < 4.78 is 8.28. The number of para-hydroxylation sites is 1. The topological polar surface area (TPSA) is 39.9 Å². The molecule has 0 radical (unpaired) electrons. The molecule has 7 rings (SSSR count). The number of fused-ring (bicyclic) bond motifs is 5. The van der Waals surface area contributed by atoms with Crippen LogP contribution in [0.15, 0.2) is 55.0 Å². The summed E-state index contributed by atoms with van der Waals surface area (Å²) in [6.07, 6.45) is 7.63. The fourth-order valence-electron chi connectivity index (χ4n) is 6.45.